The van der Waals surface area contributed by atoms with Gasteiger partial charge in [-0.25, -0.2) is 0 Å². The van der Waals surface area contributed by atoms with Gasteiger partial charge in [-0.1, -0.05) is 0 Å². The molecule has 0 heterocycles. The molecule has 5 nitrogen and oxygen atoms in total. The number of hydrogen-bond donors (Lipinski definition) is 2. The van der Waals surface area contributed by atoms with E-state index in [4.69, 9.17) is 13.3 Å². The fraction of sp³-hybridized carbons (Fsp3) is 0.600. The quantitative estimate of drug-likeness (QED) is 0.227. The molecule has 68 valence electrons. The van der Waals surface area contributed by atoms with Crippen molar-refractivity contribution in [2.75, 3.05) is 0 Å². The molecular formula is C5H11NaO5S. The van der Waals surface area contributed by atoms with Crippen LogP contribution in [-0.2, 0) is 21.0 Å². The van der Waals surface area contributed by atoms with Gasteiger partial charge in [0.25, 0.3) is 11.4 Å². The standard InChI is InChI=1S/C5H8O2.Na.H2O3S.H/c6-4-2-1-3-5-7;;1-4(2)3;/h4-5H,1-3H2;;(H2,1,2,3);/q;+1;;-1. The van der Waals surface area contributed by atoms with Crippen LogP contribution in [0.1, 0.15) is 20.7 Å². The van der Waals surface area contributed by atoms with Crippen molar-refractivity contribution >= 4 is 23.9 Å². The Morgan fingerprint density at radius 1 is 1.17 bits per heavy atom. The van der Waals surface area contributed by atoms with Crippen molar-refractivity contribution in [2.45, 2.75) is 19.3 Å². The molecule has 0 radical (unpaired) electrons. The summed E-state index contributed by atoms with van der Waals surface area (Å²) in [5.74, 6) is 0. The van der Waals surface area contributed by atoms with E-state index in [9.17, 15) is 9.59 Å². The summed E-state index contributed by atoms with van der Waals surface area (Å²) in [6, 6.07) is 0. The van der Waals surface area contributed by atoms with Gasteiger partial charge in [-0.15, -0.1) is 0 Å². The maximum Gasteiger partial charge on any atom is 1.00 e. The molecule has 0 aromatic rings. The first kappa shape index (κ1) is 18.2. The van der Waals surface area contributed by atoms with Crippen molar-refractivity contribution < 1.29 is 53.9 Å². The molecule has 0 amide bonds. The molecule has 7 heteroatoms. The van der Waals surface area contributed by atoms with Crippen LogP contribution in [0.3, 0.4) is 0 Å². The Kier molecular flexibility index (Phi) is 26.6. The summed E-state index contributed by atoms with van der Waals surface area (Å²) in [4.78, 5) is 19.1. The zero-order valence-corrected chi connectivity index (χ0v) is 9.62. The van der Waals surface area contributed by atoms with Crippen LogP contribution < -0.4 is 29.6 Å². The number of carbonyl (C=O) groups excluding carboxylic acids is 2. The van der Waals surface area contributed by atoms with Crippen LogP contribution in [0, 0.1) is 0 Å². The molecule has 0 spiro atoms. The summed E-state index contributed by atoms with van der Waals surface area (Å²) in [5, 5.41) is 0. The summed E-state index contributed by atoms with van der Waals surface area (Å²) in [6.45, 7) is 0. The van der Waals surface area contributed by atoms with Gasteiger partial charge in [0.2, 0.25) is 0 Å². The summed E-state index contributed by atoms with van der Waals surface area (Å²) in [6.07, 6.45) is 3.37. The molecule has 0 aliphatic heterocycles. The van der Waals surface area contributed by atoms with E-state index in [1.54, 1.807) is 0 Å². The molecule has 0 rings (SSSR count). The third kappa shape index (κ3) is 47.4. The van der Waals surface area contributed by atoms with E-state index in [1.165, 1.54) is 0 Å². The first-order chi connectivity index (χ1) is 5.15. The molecule has 0 atom stereocenters. The zero-order valence-electron chi connectivity index (χ0n) is 7.80. The van der Waals surface area contributed by atoms with Gasteiger partial charge in [-0.05, 0) is 6.42 Å². The summed E-state index contributed by atoms with van der Waals surface area (Å²) in [5.41, 5.74) is 0. The van der Waals surface area contributed by atoms with Crippen LogP contribution >= 0.6 is 0 Å². The molecule has 0 aliphatic carbocycles. The second kappa shape index (κ2) is 17.5. The molecule has 0 saturated carbocycles. The Balaban J connectivity index is -0.0000000600. The van der Waals surface area contributed by atoms with Crippen LogP contribution in [-0.4, -0.2) is 25.9 Å². The van der Waals surface area contributed by atoms with Crippen molar-refractivity contribution in [3.8, 4) is 0 Å². The Hall–Kier alpha value is 0.410. The second-order valence-corrected chi connectivity index (χ2v) is 1.96. The molecular weight excluding hydrogens is 195 g/mol. The first-order valence-corrected chi connectivity index (χ1v) is 3.88. The average molecular weight is 206 g/mol. The van der Waals surface area contributed by atoms with Gasteiger partial charge in [0.05, 0.1) is 0 Å². The minimum atomic E-state index is -2.61. The predicted molar refractivity (Wildman–Crippen MR) is 40.5 cm³/mol. The molecule has 0 fully saturated rings. The monoisotopic (exact) mass is 206 g/mol. The van der Waals surface area contributed by atoms with Crippen LogP contribution in [0.2, 0.25) is 0 Å². The molecule has 0 aliphatic rings. The van der Waals surface area contributed by atoms with Gasteiger partial charge in [0.15, 0.2) is 0 Å². The van der Waals surface area contributed by atoms with E-state index in [-0.39, 0.29) is 31.0 Å². The van der Waals surface area contributed by atoms with E-state index >= 15 is 0 Å². The SMILES string of the molecule is O=CCCCC=O.O=S(O)O.[H-].[Na+]. The number of rotatable bonds is 4. The number of hydrogen-bond acceptors (Lipinski definition) is 3. The molecule has 0 aromatic heterocycles. The molecule has 0 saturated heterocycles. The van der Waals surface area contributed by atoms with Crippen molar-refractivity contribution in [3.63, 3.8) is 0 Å². The average Bonchev–Trinajstić information content (AvgIpc) is 1.88. The normalized spacial score (nSPS) is 7.58. The van der Waals surface area contributed by atoms with Crippen LogP contribution in [0.5, 0.6) is 0 Å². The molecule has 0 aromatic carbocycles. The Morgan fingerprint density at radius 2 is 1.42 bits per heavy atom. The van der Waals surface area contributed by atoms with Gasteiger partial charge < -0.3 is 11.0 Å². The minimum Gasteiger partial charge on any atom is -1.00 e. The van der Waals surface area contributed by atoms with Crippen LogP contribution in [0.4, 0.5) is 0 Å². The Bertz CT molecular complexity index is 122. The van der Waals surface area contributed by atoms with Crippen molar-refractivity contribution in [3.05, 3.63) is 0 Å². The topological polar surface area (TPSA) is 91.7 Å². The Morgan fingerprint density at radius 3 is 1.58 bits per heavy atom. The predicted octanol–water partition coefficient (Wildman–Crippen LogP) is -2.65. The van der Waals surface area contributed by atoms with Crippen molar-refractivity contribution in [1.29, 1.82) is 0 Å². The number of carbonyl (C=O) groups is 2. The first-order valence-electron chi connectivity index (χ1n) is 2.82. The van der Waals surface area contributed by atoms with E-state index in [2.05, 4.69) is 0 Å². The second-order valence-electron chi connectivity index (χ2n) is 1.49. The van der Waals surface area contributed by atoms with Gasteiger partial charge >= 0.3 is 29.6 Å². The van der Waals surface area contributed by atoms with E-state index in [0.717, 1.165) is 12.6 Å². The third-order valence-electron chi connectivity index (χ3n) is 0.644. The molecule has 12 heavy (non-hydrogen) atoms. The molecule has 2 N–H and O–H groups in total. The van der Waals surface area contributed by atoms with Crippen LogP contribution in [0.25, 0.3) is 0 Å². The smallest absolute Gasteiger partial charge is 1.00 e. The summed E-state index contributed by atoms with van der Waals surface area (Å²) in [7, 11) is 0. The fourth-order valence-electron chi connectivity index (χ4n) is 0.285. The fourth-order valence-corrected chi connectivity index (χ4v) is 0.285. The third-order valence-corrected chi connectivity index (χ3v) is 0.644. The van der Waals surface area contributed by atoms with Crippen molar-refractivity contribution in [1.82, 2.24) is 0 Å². The van der Waals surface area contributed by atoms with Gasteiger partial charge in [0, 0.05) is 12.8 Å². The maximum absolute atomic E-state index is 9.56. The van der Waals surface area contributed by atoms with E-state index in [0.29, 0.717) is 19.3 Å². The maximum atomic E-state index is 9.56. The molecule has 0 bridgehead atoms. The van der Waals surface area contributed by atoms with Gasteiger partial charge in [-0.2, -0.15) is 4.21 Å². The largest absolute Gasteiger partial charge is 1.00 e. The minimum absolute atomic E-state index is 0. The van der Waals surface area contributed by atoms with Gasteiger partial charge in [0.1, 0.15) is 12.6 Å². The molecule has 0 unspecified atom stereocenters. The van der Waals surface area contributed by atoms with Crippen molar-refractivity contribution in [2.24, 2.45) is 0 Å². The van der Waals surface area contributed by atoms with E-state index in [1.807, 2.05) is 0 Å². The number of unbranched alkanes of at least 4 members (excludes halogenated alkanes) is 2. The van der Waals surface area contributed by atoms with Gasteiger partial charge in [-0.3, -0.25) is 9.11 Å². The summed E-state index contributed by atoms with van der Waals surface area (Å²) >= 11 is -2.61. The zero-order chi connectivity index (χ0) is 9.11. The Labute approximate surface area is 96.8 Å². The van der Waals surface area contributed by atoms with Crippen LogP contribution in [0.15, 0.2) is 0 Å². The van der Waals surface area contributed by atoms with E-state index < -0.39 is 11.4 Å². The number of aldehydes is 2. The summed E-state index contributed by atoms with van der Waals surface area (Å²) < 4.78 is 22.8.